The van der Waals surface area contributed by atoms with E-state index >= 15 is 0 Å². The number of nitrogens with zero attached hydrogens (tertiary/aromatic N) is 1. The Bertz CT molecular complexity index is 391. The lowest BCUT2D eigenvalue weighted by Gasteiger charge is -2.18. The van der Waals surface area contributed by atoms with Crippen LogP contribution in [-0.2, 0) is 4.79 Å². The summed E-state index contributed by atoms with van der Waals surface area (Å²) in [5.41, 5.74) is 0.782. The molecule has 1 aromatic carbocycles. The van der Waals surface area contributed by atoms with Gasteiger partial charge in [-0.25, -0.2) is 0 Å². The number of carbonyl (C=O) groups excluding carboxylic acids is 1. The first-order chi connectivity index (χ1) is 8.08. The number of benzene rings is 1. The van der Waals surface area contributed by atoms with Crippen molar-refractivity contribution in [2.24, 2.45) is 5.92 Å². The third-order valence-electron chi connectivity index (χ3n) is 2.81. The molecule has 0 fully saturated rings. The second-order valence-corrected chi connectivity index (χ2v) is 4.32. The average Bonchev–Trinajstić information content (AvgIpc) is 2.30. The maximum atomic E-state index is 11.0. The quantitative estimate of drug-likeness (QED) is 0.446. The zero-order valence-corrected chi connectivity index (χ0v) is 10.3. The van der Waals surface area contributed by atoms with E-state index in [1.807, 2.05) is 6.92 Å². The van der Waals surface area contributed by atoms with Crippen molar-refractivity contribution < 1.29 is 9.72 Å². The van der Waals surface area contributed by atoms with E-state index in [1.165, 1.54) is 0 Å². The average molecular weight is 256 g/mol. The van der Waals surface area contributed by atoms with Crippen LogP contribution in [0.2, 0.25) is 5.02 Å². The third kappa shape index (κ3) is 3.82. The van der Waals surface area contributed by atoms with E-state index in [2.05, 4.69) is 0 Å². The molecule has 4 nitrogen and oxygen atoms in total. The molecule has 0 radical (unpaired) electrons. The second kappa shape index (κ2) is 6.35. The summed E-state index contributed by atoms with van der Waals surface area (Å²) in [5, 5.41) is 11.2. The minimum atomic E-state index is -0.384. The zero-order valence-electron chi connectivity index (χ0n) is 9.51. The smallest absolute Gasteiger partial charge is 0.211 e. The van der Waals surface area contributed by atoms with Gasteiger partial charge in [-0.15, -0.1) is 0 Å². The van der Waals surface area contributed by atoms with Crippen LogP contribution in [0.1, 0.15) is 24.8 Å². The highest BCUT2D eigenvalue weighted by molar-refractivity contribution is 6.30. The van der Waals surface area contributed by atoms with Crippen molar-refractivity contribution in [3.05, 3.63) is 45.0 Å². The van der Waals surface area contributed by atoms with Gasteiger partial charge in [-0.2, -0.15) is 0 Å². The Morgan fingerprint density at radius 3 is 2.41 bits per heavy atom. The van der Waals surface area contributed by atoms with Crippen LogP contribution in [0.5, 0.6) is 0 Å². The van der Waals surface area contributed by atoms with E-state index in [-0.39, 0.29) is 23.3 Å². The summed E-state index contributed by atoms with van der Waals surface area (Å²) in [6.07, 6.45) is 1.38. The van der Waals surface area contributed by atoms with Crippen molar-refractivity contribution in [2.45, 2.75) is 19.3 Å². The maximum Gasteiger partial charge on any atom is 0.211 e. The normalized spacial score (nSPS) is 14.0. The van der Waals surface area contributed by atoms with Crippen LogP contribution in [0.4, 0.5) is 0 Å². The van der Waals surface area contributed by atoms with Crippen LogP contribution in [0.25, 0.3) is 0 Å². The van der Waals surface area contributed by atoms with Crippen molar-refractivity contribution in [3.8, 4) is 0 Å². The van der Waals surface area contributed by atoms with Crippen molar-refractivity contribution in [3.63, 3.8) is 0 Å². The topological polar surface area (TPSA) is 60.2 Å². The molecule has 17 heavy (non-hydrogen) atoms. The molecule has 0 spiro atoms. The predicted molar refractivity (Wildman–Crippen MR) is 65.9 cm³/mol. The lowest BCUT2D eigenvalue weighted by atomic mass is 9.85. The molecule has 0 bridgehead atoms. The Morgan fingerprint density at radius 2 is 2.00 bits per heavy atom. The number of carbonyl (C=O) groups is 1. The fourth-order valence-corrected chi connectivity index (χ4v) is 1.96. The standard InChI is InChI=1S/C12H14ClNO3/c1-2-9(8-15)12(7-14(16)17)10-3-5-11(13)6-4-10/h3-6,8-9,12H,2,7H2,1H3/t9-,12-/m0/s1. The Balaban J connectivity index is 3.00. The first-order valence-corrected chi connectivity index (χ1v) is 5.78. The van der Waals surface area contributed by atoms with Crippen LogP contribution < -0.4 is 0 Å². The van der Waals surface area contributed by atoms with Gasteiger partial charge in [0, 0.05) is 15.9 Å². The van der Waals surface area contributed by atoms with Gasteiger partial charge in [-0.1, -0.05) is 30.7 Å². The molecule has 0 N–H and O–H groups in total. The highest BCUT2D eigenvalue weighted by Gasteiger charge is 2.26. The predicted octanol–water partition coefficient (Wildman–Crippen LogP) is 2.93. The number of hydrogen-bond donors (Lipinski definition) is 0. The first kappa shape index (κ1) is 13.6. The number of aldehydes is 1. The molecule has 0 saturated heterocycles. The Hall–Kier alpha value is -1.42. The number of hydrogen-bond acceptors (Lipinski definition) is 3. The van der Waals surface area contributed by atoms with Crippen molar-refractivity contribution in [1.29, 1.82) is 0 Å². The van der Waals surface area contributed by atoms with Gasteiger partial charge in [-0.05, 0) is 24.1 Å². The molecule has 1 aromatic rings. The van der Waals surface area contributed by atoms with Crippen LogP contribution in [0.3, 0.4) is 0 Å². The molecular formula is C12H14ClNO3. The fourth-order valence-electron chi connectivity index (χ4n) is 1.83. The molecule has 0 aliphatic heterocycles. The lowest BCUT2D eigenvalue weighted by Crippen LogP contribution is -2.22. The molecule has 0 amide bonds. The summed E-state index contributed by atoms with van der Waals surface area (Å²) >= 11 is 5.77. The molecule has 0 heterocycles. The van der Waals surface area contributed by atoms with Gasteiger partial charge < -0.3 is 4.79 Å². The third-order valence-corrected chi connectivity index (χ3v) is 3.06. The van der Waals surface area contributed by atoms with Crippen LogP contribution in [-0.4, -0.2) is 17.8 Å². The van der Waals surface area contributed by atoms with E-state index in [0.717, 1.165) is 11.8 Å². The molecule has 2 atom stereocenters. The molecule has 92 valence electrons. The van der Waals surface area contributed by atoms with Crippen molar-refractivity contribution in [1.82, 2.24) is 0 Å². The van der Waals surface area contributed by atoms with Crippen LogP contribution >= 0.6 is 11.6 Å². The first-order valence-electron chi connectivity index (χ1n) is 5.41. The van der Waals surface area contributed by atoms with E-state index < -0.39 is 0 Å². The summed E-state index contributed by atoms with van der Waals surface area (Å²) in [6, 6.07) is 6.84. The SMILES string of the molecule is CC[C@@H](C=O)[C@H](C[N+](=O)[O-])c1ccc(Cl)cc1. The van der Waals surface area contributed by atoms with Crippen LogP contribution in [0, 0.1) is 16.0 Å². The molecule has 5 heteroatoms. The molecule has 1 rings (SSSR count). The minimum Gasteiger partial charge on any atom is -0.303 e. The molecule has 0 aliphatic rings. The van der Waals surface area contributed by atoms with Crippen molar-refractivity contribution >= 4 is 17.9 Å². The second-order valence-electron chi connectivity index (χ2n) is 3.88. The monoisotopic (exact) mass is 255 g/mol. The maximum absolute atomic E-state index is 11.0. The van der Waals surface area contributed by atoms with Gasteiger partial charge in [-0.3, -0.25) is 10.1 Å². The van der Waals surface area contributed by atoms with Crippen LogP contribution in [0.15, 0.2) is 24.3 Å². The fraction of sp³-hybridized carbons (Fsp3) is 0.417. The number of rotatable bonds is 6. The molecule has 0 aliphatic carbocycles. The highest BCUT2D eigenvalue weighted by atomic mass is 35.5. The van der Waals surface area contributed by atoms with Gasteiger partial charge >= 0.3 is 0 Å². The Labute approximate surface area is 105 Å². The van der Waals surface area contributed by atoms with Gasteiger partial charge in [0.25, 0.3) is 0 Å². The lowest BCUT2D eigenvalue weighted by molar-refractivity contribution is -0.484. The molecule has 0 aromatic heterocycles. The van der Waals surface area contributed by atoms with Gasteiger partial charge in [0.1, 0.15) is 6.29 Å². The zero-order chi connectivity index (χ0) is 12.8. The number of halogens is 1. The molecular weight excluding hydrogens is 242 g/mol. The van der Waals surface area contributed by atoms with E-state index in [4.69, 9.17) is 11.6 Å². The van der Waals surface area contributed by atoms with Crippen molar-refractivity contribution in [2.75, 3.05) is 6.54 Å². The van der Waals surface area contributed by atoms with Gasteiger partial charge in [0.2, 0.25) is 6.54 Å². The summed E-state index contributed by atoms with van der Waals surface area (Å²) in [5.74, 6) is -0.716. The van der Waals surface area contributed by atoms with Gasteiger partial charge in [0.15, 0.2) is 0 Å². The summed E-state index contributed by atoms with van der Waals surface area (Å²) in [6.45, 7) is 1.61. The van der Waals surface area contributed by atoms with Gasteiger partial charge in [0.05, 0.1) is 5.92 Å². The van der Waals surface area contributed by atoms with E-state index in [1.54, 1.807) is 24.3 Å². The minimum absolute atomic E-state index is 0.237. The van der Waals surface area contributed by atoms with E-state index in [9.17, 15) is 14.9 Å². The van der Waals surface area contributed by atoms with E-state index in [0.29, 0.717) is 11.4 Å². The summed E-state index contributed by atoms with van der Waals surface area (Å²) in [4.78, 5) is 21.2. The Morgan fingerprint density at radius 1 is 1.41 bits per heavy atom. The largest absolute Gasteiger partial charge is 0.303 e. The number of nitro groups is 1. The summed E-state index contributed by atoms with van der Waals surface area (Å²) < 4.78 is 0. The molecule has 0 saturated carbocycles. The summed E-state index contributed by atoms with van der Waals surface area (Å²) in [7, 11) is 0. The Kier molecular flexibility index (Phi) is 5.10. The highest BCUT2D eigenvalue weighted by Crippen LogP contribution is 2.27. The molecule has 0 unspecified atom stereocenters.